The van der Waals surface area contributed by atoms with Crippen LogP contribution in [-0.2, 0) is 4.74 Å². The first-order chi connectivity index (χ1) is 8.25. The van der Waals surface area contributed by atoms with Crippen LogP contribution in [0.15, 0.2) is 31.1 Å². The zero-order chi connectivity index (χ0) is 12.5. The normalized spacial score (nSPS) is 9.94. The summed E-state index contributed by atoms with van der Waals surface area (Å²) in [6.45, 7) is 5.12. The maximum Gasteiger partial charge on any atom is 0.254 e. The molecule has 0 aromatic carbocycles. The summed E-state index contributed by atoms with van der Waals surface area (Å²) in [5.41, 5.74) is 0.375. The van der Waals surface area contributed by atoms with Gasteiger partial charge in [0.25, 0.3) is 5.91 Å². The van der Waals surface area contributed by atoms with Gasteiger partial charge in [0.05, 0.1) is 23.8 Å². The van der Waals surface area contributed by atoms with Crippen LogP contribution >= 0.6 is 11.6 Å². The fourth-order valence-corrected chi connectivity index (χ4v) is 1.34. The molecule has 0 fully saturated rings. The number of nitrogens with zero attached hydrogens (tertiary/aromatic N) is 1. The van der Waals surface area contributed by atoms with Gasteiger partial charge in [-0.1, -0.05) is 17.7 Å². The molecule has 0 atom stereocenters. The summed E-state index contributed by atoms with van der Waals surface area (Å²) in [7, 11) is 0. The van der Waals surface area contributed by atoms with Crippen molar-refractivity contribution >= 4 is 17.5 Å². The Hall–Kier alpha value is -1.39. The highest BCUT2D eigenvalue weighted by Gasteiger charge is 2.08. The van der Waals surface area contributed by atoms with Gasteiger partial charge in [0.2, 0.25) is 0 Å². The van der Waals surface area contributed by atoms with Crippen molar-refractivity contribution in [3.8, 4) is 0 Å². The van der Waals surface area contributed by atoms with E-state index in [-0.39, 0.29) is 5.91 Å². The molecule has 1 amide bonds. The molecule has 0 unspecified atom stereocenters. The number of rotatable bonds is 7. The summed E-state index contributed by atoms with van der Waals surface area (Å²) < 4.78 is 5.26. The molecule has 1 heterocycles. The third-order valence-corrected chi connectivity index (χ3v) is 2.34. The van der Waals surface area contributed by atoms with Gasteiger partial charge in [-0.2, -0.15) is 0 Å². The highest BCUT2D eigenvalue weighted by Crippen LogP contribution is 2.12. The number of aromatic nitrogens is 1. The summed E-state index contributed by atoms with van der Waals surface area (Å²) in [6, 6.07) is 1.58. The average molecular weight is 255 g/mol. The Morgan fingerprint density at radius 2 is 2.41 bits per heavy atom. The van der Waals surface area contributed by atoms with Crippen LogP contribution in [0.1, 0.15) is 16.8 Å². The van der Waals surface area contributed by atoms with Crippen molar-refractivity contribution in [2.24, 2.45) is 0 Å². The van der Waals surface area contributed by atoms with Gasteiger partial charge in [-0.05, 0) is 12.5 Å². The van der Waals surface area contributed by atoms with Crippen LogP contribution in [0.25, 0.3) is 0 Å². The van der Waals surface area contributed by atoms with Crippen LogP contribution in [0.2, 0.25) is 5.02 Å². The van der Waals surface area contributed by atoms with E-state index in [9.17, 15) is 4.79 Å². The monoisotopic (exact) mass is 254 g/mol. The van der Waals surface area contributed by atoms with E-state index >= 15 is 0 Å². The Balaban J connectivity index is 2.26. The van der Waals surface area contributed by atoms with Crippen molar-refractivity contribution in [3.63, 3.8) is 0 Å². The maximum absolute atomic E-state index is 11.6. The van der Waals surface area contributed by atoms with E-state index in [0.717, 1.165) is 6.42 Å². The molecule has 0 aliphatic heterocycles. The minimum Gasteiger partial charge on any atom is -0.379 e. The largest absolute Gasteiger partial charge is 0.379 e. The fourth-order valence-electron chi connectivity index (χ4n) is 1.15. The van der Waals surface area contributed by atoms with E-state index in [1.807, 2.05) is 0 Å². The molecule has 1 rings (SSSR count). The molecule has 4 nitrogen and oxygen atoms in total. The number of pyridine rings is 1. The first kappa shape index (κ1) is 13.7. The molecule has 1 aromatic rings. The molecule has 0 radical (unpaired) electrons. The van der Waals surface area contributed by atoms with Gasteiger partial charge in [-0.15, -0.1) is 6.58 Å². The zero-order valence-corrected chi connectivity index (χ0v) is 10.2. The van der Waals surface area contributed by atoms with Crippen LogP contribution in [0, 0.1) is 0 Å². The first-order valence-electron chi connectivity index (χ1n) is 5.32. The number of ether oxygens (including phenoxy) is 1. The molecule has 0 saturated heterocycles. The van der Waals surface area contributed by atoms with Crippen LogP contribution in [-0.4, -0.2) is 30.6 Å². The zero-order valence-electron chi connectivity index (χ0n) is 9.49. The number of hydrogen-bond donors (Lipinski definition) is 1. The molecule has 0 aliphatic rings. The van der Waals surface area contributed by atoms with Gasteiger partial charge < -0.3 is 10.1 Å². The molecule has 0 spiro atoms. The maximum atomic E-state index is 11.6. The summed E-state index contributed by atoms with van der Waals surface area (Å²) in [6.07, 6.45) is 5.57. The van der Waals surface area contributed by atoms with Gasteiger partial charge in [-0.3, -0.25) is 9.78 Å². The number of amides is 1. The SMILES string of the molecule is C=CCCOCCNC(=O)c1cnccc1Cl. The summed E-state index contributed by atoms with van der Waals surface area (Å²) in [4.78, 5) is 15.5. The van der Waals surface area contributed by atoms with Crippen LogP contribution < -0.4 is 5.32 Å². The lowest BCUT2D eigenvalue weighted by molar-refractivity contribution is 0.0917. The lowest BCUT2D eigenvalue weighted by Gasteiger charge is -2.06. The highest BCUT2D eigenvalue weighted by molar-refractivity contribution is 6.33. The van der Waals surface area contributed by atoms with Gasteiger partial charge in [-0.25, -0.2) is 0 Å². The second kappa shape index (κ2) is 7.81. The Morgan fingerprint density at radius 1 is 1.59 bits per heavy atom. The molecular weight excluding hydrogens is 240 g/mol. The predicted octanol–water partition coefficient (Wildman–Crippen LogP) is 2.06. The van der Waals surface area contributed by atoms with Crippen LogP contribution in [0.5, 0.6) is 0 Å². The Labute approximate surface area is 106 Å². The summed E-state index contributed by atoms with van der Waals surface area (Å²) >= 11 is 5.86. The quantitative estimate of drug-likeness (QED) is 0.599. The second-order valence-electron chi connectivity index (χ2n) is 3.30. The smallest absolute Gasteiger partial charge is 0.254 e. The number of nitrogens with one attached hydrogen (secondary N) is 1. The third kappa shape index (κ3) is 4.97. The van der Waals surface area contributed by atoms with Crippen molar-refractivity contribution in [1.82, 2.24) is 10.3 Å². The van der Waals surface area contributed by atoms with Crippen LogP contribution in [0.4, 0.5) is 0 Å². The van der Waals surface area contributed by atoms with E-state index in [1.54, 1.807) is 12.1 Å². The summed E-state index contributed by atoms with van der Waals surface area (Å²) in [5, 5.41) is 3.10. The van der Waals surface area contributed by atoms with Crippen LogP contribution in [0.3, 0.4) is 0 Å². The predicted molar refractivity (Wildman–Crippen MR) is 67.2 cm³/mol. The second-order valence-corrected chi connectivity index (χ2v) is 3.71. The standard InChI is InChI=1S/C12H15ClN2O2/c1-2-3-7-17-8-6-15-12(16)10-9-14-5-4-11(10)13/h2,4-5,9H,1,3,6-8H2,(H,15,16). The molecule has 5 heteroatoms. The molecule has 0 aliphatic carbocycles. The average Bonchev–Trinajstić information content (AvgIpc) is 2.34. The van der Waals surface area contributed by atoms with Crippen molar-refractivity contribution in [2.45, 2.75) is 6.42 Å². The molecule has 92 valence electrons. The minimum absolute atomic E-state index is 0.240. The molecule has 1 N–H and O–H groups in total. The fraction of sp³-hybridized carbons (Fsp3) is 0.333. The lowest BCUT2D eigenvalue weighted by Crippen LogP contribution is -2.27. The van der Waals surface area contributed by atoms with Gasteiger partial charge >= 0.3 is 0 Å². The Bertz CT molecular complexity index is 383. The topological polar surface area (TPSA) is 51.2 Å². The Morgan fingerprint density at radius 3 is 3.12 bits per heavy atom. The van der Waals surface area contributed by atoms with Crippen molar-refractivity contribution in [3.05, 3.63) is 41.7 Å². The number of hydrogen-bond acceptors (Lipinski definition) is 3. The lowest BCUT2D eigenvalue weighted by atomic mass is 10.2. The van der Waals surface area contributed by atoms with Gasteiger partial charge in [0.15, 0.2) is 0 Å². The van der Waals surface area contributed by atoms with E-state index in [1.165, 1.54) is 12.4 Å². The molecule has 0 saturated carbocycles. The summed E-state index contributed by atoms with van der Waals surface area (Å²) in [5.74, 6) is -0.240. The van der Waals surface area contributed by atoms with E-state index in [2.05, 4.69) is 16.9 Å². The number of halogens is 1. The van der Waals surface area contributed by atoms with Gasteiger partial charge in [0.1, 0.15) is 0 Å². The number of carbonyl (C=O) groups excluding carboxylic acids is 1. The molecule has 1 aromatic heterocycles. The third-order valence-electron chi connectivity index (χ3n) is 2.01. The molecule has 0 bridgehead atoms. The number of carbonyl (C=O) groups is 1. The van der Waals surface area contributed by atoms with Crippen molar-refractivity contribution in [1.29, 1.82) is 0 Å². The molecular formula is C12H15ClN2O2. The van der Waals surface area contributed by atoms with E-state index in [0.29, 0.717) is 30.3 Å². The van der Waals surface area contributed by atoms with Crippen molar-refractivity contribution < 1.29 is 9.53 Å². The minimum atomic E-state index is -0.240. The van der Waals surface area contributed by atoms with Gasteiger partial charge in [0, 0.05) is 18.9 Å². The van der Waals surface area contributed by atoms with E-state index < -0.39 is 0 Å². The highest BCUT2D eigenvalue weighted by atomic mass is 35.5. The Kier molecular flexibility index (Phi) is 6.29. The first-order valence-corrected chi connectivity index (χ1v) is 5.70. The molecule has 17 heavy (non-hydrogen) atoms. The van der Waals surface area contributed by atoms with Crippen molar-refractivity contribution in [2.75, 3.05) is 19.8 Å². The van der Waals surface area contributed by atoms with E-state index in [4.69, 9.17) is 16.3 Å².